The van der Waals surface area contributed by atoms with Crippen LogP contribution in [0.3, 0.4) is 0 Å². The molecule has 1 aromatic rings. The second kappa shape index (κ2) is 6.38. The predicted octanol–water partition coefficient (Wildman–Crippen LogP) is 3.16. The molecule has 0 aliphatic heterocycles. The quantitative estimate of drug-likeness (QED) is 0.818. The van der Waals surface area contributed by atoms with Crippen molar-refractivity contribution in [1.82, 2.24) is 14.8 Å². The Morgan fingerprint density at radius 1 is 1.29 bits per heavy atom. The van der Waals surface area contributed by atoms with Gasteiger partial charge in [-0.3, -0.25) is 4.79 Å². The number of nitrogens with zero attached hydrogens (tertiary/aromatic N) is 3. The molecule has 6 heteroatoms. The molecule has 0 aromatic carbocycles. The molecule has 116 valence electrons. The van der Waals surface area contributed by atoms with Crippen molar-refractivity contribution in [3.8, 4) is 0 Å². The summed E-state index contributed by atoms with van der Waals surface area (Å²) in [4.78, 5) is 10.8. The van der Waals surface area contributed by atoms with Gasteiger partial charge >= 0.3 is 5.97 Å². The standard InChI is InChI=1S/C15H23N3O2S/c1-10-4-2-3-5-12(10)8-18-14(11-6-7-11)16-17-15(18)21-9-13(19)20/h10-12H,2-9H2,1H3,(H,19,20). The SMILES string of the molecule is CC1CCCCC1Cn1c(SCC(=O)O)nnc1C1CC1. The fourth-order valence-electron chi connectivity index (χ4n) is 3.25. The van der Waals surface area contributed by atoms with Gasteiger partial charge in [-0.25, -0.2) is 0 Å². The Bertz CT molecular complexity index is 513. The van der Waals surface area contributed by atoms with Gasteiger partial charge in [0.1, 0.15) is 5.82 Å². The normalized spacial score (nSPS) is 26.0. The molecular weight excluding hydrogens is 286 g/mol. The molecule has 0 saturated heterocycles. The maximum atomic E-state index is 10.8. The number of hydrogen-bond acceptors (Lipinski definition) is 4. The zero-order valence-corrected chi connectivity index (χ0v) is 13.3. The number of hydrogen-bond donors (Lipinski definition) is 1. The second-order valence-electron chi connectivity index (χ2n) is 6.43. The summed E-state index contributed by atoms with van der Waals surface area (Å²) in [5.41, 5.74) is 0. The maximum Gasteiger partial charge on any atom is 0.313 e. The van der Waals surface area contributed by atoms with Crippen LogP contribution in [0.2, 0.25) is 0 Å². The van der Waals surface area contributed by atoms with E-state index in [4.69, 9.17) is 5.11 Å². The Labute approximate surface area is 129 Å². The number of aliphatic carboxylic acids is 1. The highest BCUT2D eigenvalue weighted by Gasteiger charge is 2.32. The highest BCUT2D eigenvalue weighted by molar-refractivity contribution is 7.99. The molecule has 3 rings (SSSR count). The summed E-state index contributed by atoms with van der Waals surface area (Å²) < 4.78 is 2.22. The van der Waals surface area contributed by atoms with E-state index in [2.05, 4.69) is 21.7 Å². The molecule has 1 heterocycles. The van der Waals surface area contributed by atoms with Crippen LogP contribution in [-0.2, 0) is 11.3 Å². The Morgan fingerprint density at radius 2 is 2.05 bits per heavy atom. The highest BCUT2D eigenvalue weighted by Crippen LogP contribution is 2.41. The van der Waals surface area contributed by atoms with E-state index >= 15 is 0 Å². The summed E-state index contributed by atoms with van der Waals surface area (Å²) in [5.74, 6) is 2.31. The maximum absolute atomic E-state index is 10.8. The van der Waals surface area contributed by atoms with Gasteiger partial charge in [0, 0.05) is 12.5 Å². The molecule has 2 aliphatic carbocycles. The van der Waals surface area contributed by atoms with E-state index in [0.717, 1.165) is 23.4 Å². The summed E-state index contributed by atoms with van der Waals surface area (Å²) in [6.07, 6.45) is 7.63. The number of thioether (sulfide) groups is 1. The molecule has 2 saturated carbocycles. The summed E-state index contributed by atoms with van der Waals surface area (Å²) in [7, 11) is 0. The third kappa shape index (κ3) is 3.59. The molecule has 21 heavy (non-hydrogen) atoms. The lowest BCUT2D eigenvalue weighted by Crippen LogP contribution is -2.23. The predicted molar refractivity (Wildman–Crippen MR) is 81.5 cm³/mol. The first-order valence-corrected chi connectivity index (χ1v) is 8.91. The zero-order chi connectivity index (χ0) is 14.8. The molecule has 2 atom stereocenters. The average Bonchev–Trinajstić information content (AvgIpc) is 3.22. The van der Waals surface area contributed by atoms with Crippen molar-refractivity contribution in [3.05, 3.63) is 5.82 Å². The van der Waals surface area contributed by atoms with Gasteiger partial charge in [0.2, 0.25) is 0 Å². The van der Waals surface area contributed by atoms with E-state index < -0.39 is 5.97 Å². The van der Waals surface area contributed by atoms with Crippen molar-refractivity contribution in [2.75, 3.05) is 5.75 Å². The number of aromatic nitrogens is 3. The average molecular weight is 309 g/mol. The van der Waals surface area contributed by atoms with E-state index in [9.17, 15) is 4.79 Å². The number of rotatable bonds is 6. The molecule has 1 aromatic heterocycles. The number of carboxylic acids is 1. The summed E-state index contributed by atoms with van der Waals surface area (Å²) in [5, 5.41) is 18.3. The smallest absolute Gasteiger partial charge is 0.313 e. The largest absolute Gasteiger partial charge is 0.481 e. The Morgan fingerprint density at radius 3 is 2.71 bits per heavy atom. The molecule has 2 unspecified atom stereocenters. The molecule has 0 spiro atoms. The van der Waals surface area contributed by atoms with E-state index in [1.165, 1.54) is 50.3 Å². The van der Waals surface area contributed by atoms with Crippen molar-refractivity contribution >= 4 is 17.7 Å². The minimum absolute atomic E-state index is 0.0586. The van der Waals surface area contributed by atoms with Crippen LogP contribution < -0.4 is 0 Å². The van der Waals surface area contributed by atoms with Crippen molar-refractivity contribution in [3.63, 3.8) is 0 Å². The first-order valence-electron chi connectivity index (χ1n) is 7.93. The van der Waals surface area contributed by atoms with E-state index in [1.807, 2.05) is 0 Å². The van der Waals surface area contributed by atoms with Crippen molar-refractivity contribution in [2.45, 2.75) is 63.1 Å². The lowest BCUT2D eigenvalue weighted by atomic mass is 9.80. The highest BCUT2D eigenvalue weighted by atomic mass is 32.2. The van der Waals surface area contributed by atoms with Crippen LogP contribution in [0.4, 0.5) is 0 Å². The lowest BCUT2D eigenvalue weighted by Gasteiger charge is -2.29. The third-order valence-corrected chi connectivity index (χ3v) is 5.67. The fourth-order valence-corrected chi connectivity index (χ4v) is 3.92. The number of carbonyl (C=O) groups is 1. The van der Waals surface area contributed by atoms with Crippen LogP contribution in [0.15, 0.2) is 5.16 Å². The van der Waals surface area contributed by atoms with Gasteiger partial charge in [-0.2, -0.15) is 0 Å². The minimum atomic E-state index is -0.798. The molecule has 5 nitrogen and oxygen atoms in total. The van der Waals surface area contributed by atoms with Crippen LogP contribution in [0.5, 0.6) is 0 Å². The zero-order valence-electron chi connectivity index (χ0n) is 12.5. The molecule has 0 bridgehead atoms. The van der Waals surface area contributed by atoms with Gasteiger partial charge in [-0.05, 0) is 31.1 Å². The van der Waals surface area contributed by atoms with Crippen LogP contribution in [-0.4, -0.2) is 31.6 Å². The van der Waals surface area contributed by atoms with Crippen molar-refractivity contribution in [2.24, 2.45) is 11.8 Å². The first kappa shape index (κ1) is 14.9. The third-order valence-electron chi connectivity index (χ3n) is 4.72. The Balaban J connectivity index is 1.76. The van der Waals surface area contributed by atoms with Crippen molar-refractivity contribution in [1.29, 1.82) is 0 Å². The molecule has 1 N–H and O–H groups in total. The lowest BCUT2D eigenvalue weighted by molar-refractivity contribution is -0.133. The van der Waals surface area contributed by atoms with Gasteiger partial charge in [0.15, 0.2) is 5.16 Å². The van der Waals surface area contributed by atoms with Gasteiger partial charge in [-0.15, -0.1) is 10.2 Å². The molecular formula is C15H23N3O2S. The number of carboxylic acid groups (broad SMARTS) is 1. The van der Waals surface area contributed by atoms with Gasteiger partial charge in [-0.1, -0.05) is 37.9 Å². The van der Waals surface area contributed by atoms with Gasteiger partial charge < -0.3 is 9.67 Å². The van der Waals surface area contributed by atoms with Crippen LogP contribution in [0, 0.1) is 11.8 Å². The topological polar surface area (TPSA) is 68.0 Å². The van der Waals surface area contributed by atoms with Gasteiger partial charge in [0.05, 0.1) is 5.75 Å². The Hall–Kier alpha value is -1.04. The summed E-state index contributed by atoms with van der Waals surface area (Å²) in [6, 6.07) is 0. The van der Waals surface area contributed by atoms with E-state index in [0.29, 0.717) is 11.8 Å². The van der Waals surface area contributed by atoms with Crippen LogP contribution in [0.1, 0.15) is 57.2 Å². The Kier molecular flexibility index (Phi) is 4.52. The first-order chi connectivity index (χ1) is 10.1. The van der Waals surface area contributed by atoms with E-state index in [-0.39, 0.29) is 5.75 Å². The van der Waals surface area contributed by atoms with Gasteiger partial charge in [0.25, 0.3) is 0 Å². The molecule has 2 aliphatic rings. The molecule has 0 amide bonds. The van der Waals surface area contributed by atoms with Crippen molar-refractivity contribution < 1.29 is 9.90 Å². The monoisotopic (exact) mass is 309 g/mol. The summed E-state index contributed by atoms with van der Waals surface area (Å²) >= 11 is 1.30. The van der Waals surface area contributed by atoms with Crippen LogP contribution >= 0.6 is 11.8 Å². The van der Waals surface area contributed by atoms with E-state index in [1.54, 1.807) is 0 Å². The fraction of sp³-hybridized carbons (Fsp3) is 0.800. The second-order valence-corrected chi connectivity index (χ2v) is 7.37. The summed E-state index contributed by atoms with van der Waals surface area (Å²) in [6.45, 7) is 3.30. The molecule has 2 fully saturated rings. The molecule has 0 radical (unpaired) electrons. The minimum Gasteiger partial charge on any atom is -0.481 e. The van der Waals surface area contributed by atoms with Crippen LogP contribution in [0.25, 0.3) is 0 Å².